The van der Waals surface area contributed by atoms with Crippen LogP contribution in [0.25, 0.3) is 0 Å². The van der Waals surface area contributed by atoms with Crippen LogP contribution in [0.4, 0.5) is 0 Å². The van der Waals surface area contributed by atoms with Crippen LogP contribution in [0.5, 0.6) is 0 Å². The summed E-state index contributed by atoms with van der Waals surface area (Å²) < 4.78 is 0. The SMILES string of the molecule is CC(C)=CCCC(C)/C=C/C=C(C)/C=C/C=C(C)/C=C/C=C/C(C)=C/C=C/C(C)=C/C=C1\C(C(C)(C)O)CCC1(C)O. The Morgan fingerprint density at radius 1 is 0.810 bits per heavy atom. The Morgan fingerprint density at radius 2 is 1.29 bits per heavy atom. The van der Waals surface area contributed by atoms with E-state index >= 15 is 0 Å². The third kappa shape index (κ3) is 15.9. The van der Waals surface area contributed by atoms with E-state index in [4.69, 9.17) is 0 Å². The first-order valence-electron chi connectivity index (χ1n) is 15.5. The highest BCUT2D eigenvalue weighted by Crippen LogP contribution is 2.44. The molecule has 0 amide bonds. The van der Waals surface area contributed by atoms with Crippen LogP contribution in [0.1, 0.15) is 94.9 Å². The third-order valence-electron chi connectivity index (χ3n) is 7.53. The number of allylic oxidation sites excluding steroid dienone is 21. The quantitative estimate of drug-likeness (QED) is 0.161. The third-order valence-corrected chi connectivity index (χ3v) is 7.53. The van der Waals surface area contributed by atoms with E-state index < -0.39 is 11.2 Å². The topological polar surface area (TPSA) is 40.5 Å². The van der Waals surface area contributed by atoms with Crippen LogP contribution in [0.2, 0.25) is 0 Å². The molecule has 0 radical (unpaired) electrons. The van der Waals surface area contributed by atoms with Crippen LogP contribution in [0.3, 0.4) is 0 Å². The minimum absolute atomic E-state index is 0.0275. The highest BCUT2D eigenvalue weighted by atomic mass is 16.3. The molecule has 1 fully saturated rings. The summed E-state index contributed by atoms with van der Waals surface area (Å²) >= 11 is 0. The van der Waals surface area contributed by atoms with Crippen molar-refractivity contribution in [1.82, 2.24) is 0 Å². The average molecular weight is 571 g/mol. The zero-order valence-electron chi connectivity index (χ0n) is 28.1. The van der Waals surface area contributed by atoms with Crippen LogP contribution >= 0.6 is 0 Å². The second kappa shape index (κ2) is 18.6. The molecule has 1 rings (SSSR count). The Balaban J connectivity index is 2.62. The van der Waals surface area contributed by atoms with E-state index in [1.54, 1.807) is 0 Å². The molecule has 230 valence electrons. The van der Waals surface area contributed by atoms with Gasteiger partial charge in [0.2, 0.25) is 0 Å². The van der Waals surface area contributed by atoms with Gasteiger partial charge in [0, 0.05) is 5.92 Å². The minimum Gasteiger partial charge on any atom is -0.390 e. The molecule has 3 unspecified atom stereocenters. The van der Waals surface area contributed by atoms with Crippen molar-refractivity contribution in [2.24, 2.45) is 11.8 Å². The van der Waals surface area contributed by atoms with Crippen molar-refractivity contribution < 1.29 is 10.2 Å². The summed E-state index contributed by atoms with van der Waals surface area (Å²) in [6.45, 7) is 20.4. The molecule has 42 heavy (non-hydrogen) atoms. The molecule has 0 aliphatic heterocycles. The normalized spacial score (nSPS) is 23.6. The summed E-state index contributed by atoms with van der Waals surface area (Å²) in [4.78, 5) is 0. The number of aliphatic hydroxyl groups is 2. The minimum atomic E-state index is -0.860. The smallest absolute Gasteiger partial charge is 0.0835 e. The lowest BCUT2D eigenvalue weighted by atomic mass is 9.83. The maximum Gasteiger partial charge on any atom is 0.0835 e. The molecule has 0 bridgehead atoms. The molecule has 1 aliphatic carbocycles. The molecule has 1 saturated carbocycles. The van der Waals surface area contributed by atoms with Crippen molar-refractivity contribution in [3.8, 4) is 0 Å². The highest BCUT2D eigenvalue weighted by Gasteiger charge is 2.44. The second-order valence-electron chi connectivity index (χ2n) is 12.9. The molecule has 1 aliphatic rings. The Bertz CT molecular complexity index is 1190. The van der Waals surface area contributed by atoms with E-state index in [2.05, 4.69) is 121 Å². The van der Waals surface area contributed by atoms with Crippen molar-refractivity contribution in [1.29, 1.82) is 0 Å². The van der Waals surface area contributed by atoms with Crippen molar-refractivity contribution >= 4 is 0 Å². The van der Waals surface area contributed by atoms with E-state index in [-0.39, 0.29) is 5.92 Å². The summed E-state index contributed by atoms with van der Waals surface area (Å²) in [5.41, 5.74) is 5.28. The van der Waals surface area contributed by atoms with Gasteiger partial charge in [-0.2, -0.15) is 0 Å². The van der Waals surface area contributed by atoms with Gasteiger partial charge in [0.05, 0.1) is 11.2 Å². The predicted octanol–water partition coefficient (Wildman–Crippen LogP) is 10.8. The fourth-order valence-electron chi connectivity index (χ4n) is 4.82. The van der Waals surface area contributed by atoms with Crippen molar-refractivity contribution in [2.75, 3.05) is 0 Å². The van der Waals surface area contributed by atoms with Gasteiger partial charge < -0.3 is 10.2 Å². The number of hydrogen-bond donors (Lipinski definition) is 2. The summed E-state index contributed by atoms with van der Waals surface area (Å²) in [6, 6.07) is 0. The molecule has 0 aromatic heterocycles. The fourth-order valence-corrected chi connectivity index (χ4v) is 4.82. The molecule has 0 heterocycles. The van der Waals surface area contributed by atoms with Gasteiger partial charge in [-0.3, -0.25) is 0 Å². The Hall–Kier alpha value is -2.94. The van der Waals surface area contributed by atoms with Gasteiger partial charge in [-0.05, 0) is 99.5 Å². The molecule has 0 spiro atoms. The molecule has 2 heteroatoms. The maximum atomic E-state index is 10.8. The molecule has 0 saturated heterocycles. The molecule has 0 aromatic carbocycles. The van der Waals surface area contributed by atoms with Gasteiger partial charge in [0.1, 0.15) is 0 Å². The van der Waals surface area contributed by atoms with Gasteiger partial charge in [-0.1, -0.05) is 132 Å². The molecular weight excluding hydrogens is 512 g/mol. The van der Waals surface area contributed by atoms with Crippen molar-refractivity contribution in [2.45, 2.75) is 106 Å². The maximum absolute atomic E-state index is 10.8. The molecular formula is C40H58O2. The number of rotatable bonds is 14. The van der Waals surface area contributed by atoms with Gasteiger partial charge in [-0.25, -0.2) is 0 Å². The molecule has 2 nitrogen and oxygen atoms in total. The van der Waals surface area contributed by atoms with E-state index in [1.807, 2.05) is 45.9 Å². The molecule has 0 aromatic rings. The Morgan fingerprint density at radius 3 is 1.79 bits per heavy atom. The largest absolute Gasteiger partial charge is 0.390 e. The monoisotopic (exact) mass is 570 g/mol. The average Bonchev–Trinajstić information content (AvgIpc) is 3.19. The van der Waals surface area contributed by atoms with Crippen LogP contribution in [-0.2, 0) is 0 Å². The van der Waals surface area contributed by atoms with E-state index in [9.17, 15) is 10.2 Å². The summed E-state index contributed by atoms with van der Waals surface area (Å²) in [7, 11) is 0. The first-order valence-corrected chi connectivity index (χ1v) is 15.5. The Kier molecular flexibility index (Phi) is 16.4. The van der Waals surface area contributed by atoms with E-state index in [0.717, 1.165) is 29.6 Å². The van der Waals surface area contributed by atoms with E-state index in [0.29, 0.717) is 12.3 Å². The molecule has 2 N–H and O–H groups in total. The van der Waals surface area contributed by atoms with Gasteiger partial charge in [0.15, 0.2) is 0 Å². The van der Waals surface area contributed by atoms with Crippen molar-refractivity contribution in [3.63, 3.8) is 0 Å². The lowest BCUT2D eigenvalue weighted by molar-refractivity contribution is 0.0304. The predicted molar refractivity (Wildman–Crippen MR) is 186 cm³/mol. The van der Waals surface area contributed by atoms with Gasteiger partial charge >= 0.3 is 0 Å². The standard InChI is InChI=1S/C40H58O2/c1-31(2)17-13-20-34(5)23-15-25-35(6)24-14-21-32(3)18-11-12-19-33(4)22-16-26-36(7)27-28-38-37(39(8,9)41)29-30-40(38,10)42/h11-12,14-19,21-28,34,37,41-42H,13,20,29-30H2,1-10H3/b18-11+,19-12+,23-15+,24-14+,26-16+,32-21+,33-22+,35-25+,36-27+,38-28+. The fraction of sp³-hybridized carbons (Fsp3) is 0.450. The van der Waals surface area contributed by atoms with Gasteiger partial charge in [-0.15, -0.1) is 0 Å². The first-order chi connectivity index (χ1) is 19.6. The van der Waals surface area contributed by atoms with Crippen LogP contribution in [0, 0.1) is 11.8 Å². The molecule has 3 atom stereocenters. The highest BCUT2D eigenvalue weighted by molar-refractivity contribution is 5.35. The first kappa shape index (κ1) is 37.1. The lowest BCUT2D eigenvalue weighted by Crippen LogP contribution is -2.33. The summed E-state index contributed by atoms with van der Waals surface area (Å²) in [6.07, 6.45) is 37.6. The van der Waals surface area contributed by atoms with Crippen LogP contribution in [-0.4, -0.2) is 21.4 Å². The zero-order chi connectivity index (χ0) is 31.8. The van der Waals surface area contributed by atoms with E-state index in [1.165, 1.54) is 23.1 Å². The Labute approximate surface area is 258 Å². The van der Waals surface area contributed by atoms with Crippen LogP contribution in [0.15, 0.2) is 131 Å². The second-order valence-corrected chi connectivity index (χ2v) is 12.9. The zero-order valence-corrected chi connectivity index (χ0v) is 28.1. The van der Waals surface area contributed by atoms with Crippen LogP contribution < -0.4 is 0 Å². The summed E-state index contributed by atoms with van der Waals surface area (Å²) in [5, 5.41) is 21.3. The van der Waals surface area contributed by atoms with Gasteiger partial charge in [0.25, 0.3) is 0 Å². The van der Waals surface area contributed by atoms with Crippen molar-refractivity contribution in [3.05, 3.63) is 131 Å². The lowest BCUT2D eigenvalue weighted by Gasteiger charge is -2.29. The number of hydrogen-bond acceptors (Lipinski definition) is 2. The summed E-state index contributed by atoms with van der Waals surface area (Å²) in [5.74, 6) is 0.558.